The molecule has 0 aliphatic heterocycles. The Balaban J connectivity index is 2.17. The number of alkyl halides is 3. The Labute approximate surface area is 130 Å². The summed E-state index contributed by atoms with van der Waals surface area (Å²) in [5.41, 5.74) is 0.651. The van der Waals surface area contributed by atoms with E-state index in [2.05, 4.69) is 9.82 Å². The maximum Gasteiger partial charge on any atom is 0.408 e. The van der Waals surface area contributed by atoms with Crippen LogP contribution in [0.2, 0.25) is 0 Å². The van der Waals surface area contributed by atoms with Crippen LogP contribution in [-0.2, 0) is 27.9 Å². The Kier molecular flexibility index (Phi) is 4.95. The molecule has 10 heteroatoms. The van der Waals surface area contributed by atoms with Crippen molar-refractivity contribution in [3.63, 3.8) is 0 Å². The van der Waals surface area contributed by atoms with Gasteiger partial charge in [0.25, 0.3) is 10.0 Å². The molecule has 0 spiro atoms. The van der Waals surface area contributed by atoms with Gasteiger partial charge >= 0.3 is 6.18 Å². The maximum absolute atomic E-state index is 12.3. The number of methoxy groups -OCH3 is 1. The van der Waals surface area contributed by atoms with E-state index in [1.807, 2.05) is 0 Å². The molecule has 0 bridgehead atoms. The summed E-state index contributed by atoms with van der Waals surface area (Å²) in [6.45, 7) is -1.05. The van der Waals surface area contributed by atoms with Crippen LogP contribution in [-0.4, -0.2) is 31.5 Å². The number of rotatable bonds is 6. The summed E-state index contributed by atoms with van der Waals surface area (Å²) in [6, 6.07) is 7.18. The number of hydrogen-bond acceptors (Lipinski definition) is 4. The topological polar surface area (TPSA) is 73.2 Å². The van der Waals surface area contributed by atoms with Gasteiger partial charge < -0.3 is 4.74 Å². The fourth-order valence-corrected chi connectivity index (χ4v) is 2.92. The van der Waals surface area contributed by atoms with E-state index in [1.54, 1.807) is 12.1 Å². The number of ether oxygens (including phenoxy) is 1. The predicted octanol–water partition coefficient (Wildman–Crippen LogP) is 2.39. The molecule has 0 fully saturated rings. The minimum absolute atomic E-state index is 0.0302. The largest absolute Gasteiger partial charge is 0.408 e. The van der Waals surface area contributed by atoms with Crippen molar-refractivity contribution in [2.24, 2.45) is 0 Å². The van der Waals surface area contributed by atoms with Crippen LogP contribution in [0.4, 0.5) is 19.0 Å². The van der Waals surface area contributed by atoms with Crippen LogP contribution in [0.3, 0.4) is 0 Å². The zero-order valence-corrected chi connectivity index (χ0v) is 12.9. The highest BCUT2D eigenvalue weighted by atomic mass is 32.2. The molecule has 0 radical (unpaired) electrons. The number of benzene rings is 1. The van der Waals surface area contributed by atoms with Gasteiger partial charge in [-0.3, -0.25) is 9.40 Å². The Morgan fingerprint density at radius 1 is 1.30 bits per heavy atom. The number of sulfonamides is 1. The lowest BCUT2D eigenvalue weighted by Crippen LogP contribution is -2.19. The molecule has 1 aromatic heterocycles. The quantitative estimate of drug-likeness (QED) is 0.869. The van der Waals surface area contributed by atoms with Crippen LogP contribution in [0, 0.1) is 0 Å². The molecule has 0 saturated heterocycles. The summed E-state index contributed by atoms with van der Waals surface area (Å²) in [5, 5.41) is 3.55. The molecular weight excluding hydrogens is 335 g/mol. The van der Waals surface area contributed by atoms with Gasteiger partial charge in [-0.1, -0.05) is 12.1 Å². The minimum atomic E-state index is -4.43. The molecule has 0 unspecified atom stereocenters. The molecule has 0 atom stereocenters. The Hall–Kier alpha value is -2.07. The van der Waals surface area contributed by atoms with E-state index in [-0.39, 0.29) is 17.3 Å². The fraction of sp³-hybridized carbons (Fsp3) is 0.308. The Bertz CT molecular complexity index is 772. The van der Waals surface area contributed by atoms with Crippen LogP contribution in [0.1, 0.15) is 5.56 Å². The van der Waals surface area contributed by atoms with Crippen LogP contribution < -0.4 is 4.72 Å². The molecule has 23 heavy (non-hydrogen) atoms. The van der Waals surface area contributed by atoms with Crippen molar-refractivity contribution in [3.05, 3.63) is 42.1 Å². The Morgan fingerprint density at radius 2 is 2.04 bits per heavy atom. The molecule has 1 heterocycles. The zero-order chi connectivity index (χ0) is 17.1. The van der Waals surface area contributed by atoms with E-state index in [0.717, 1.165) is 12.3 Å². The normalized spacial score (nSPS) is 12.3. The number of anilines is 1. The standard InChI is InChI=1S/C13H14F3N3O3S/c1-22-8-10-3-2-4-11(7-10)23(20,21)18-12-5-6-19(17-12)9-13(14,15)16/h2-7H,8-9H2,1H3,(H,17,18). The molecule has 126 valence electrons. The lowest BCUT2D eigenvalue weighted by atomic mass is 10.2. The summed E-state index contributed by atoms with van der Waals surface area (Å²) >= 11 is 0. The molecule has 1 N–H and O–H groups in total. The van der Waals surface area contributed by atoms with E-state index in [4.69, 9.17) is 4.74 Å². The van der Waals surface area contributed by atoms with Crippen molar-refractivity contribution in [1.29, 1.82) is 0 Å². The predicted molar refractivity (Wildman–Crippen MR) is 76.2 cm³/mol. The van der Waals surface area contributed by atoms with E-state index < -0.39 is 22.7 Å². The van der Waals surface area contributed by atoms with Crippen molar-refractivity contribution in [3.8, 4) is 0 Å². The summed E-state index contributed by atoms with van der Waals surface area (Å²) in [7, 11) is -2.47. The zero-order valence-electron chi connectivity index (χ0n) is 12.0. The smallest absolute Gasteiger partial charge is 0.380 e. The lowest BCUT2D eigenvalue weighted by Gasteiger charge is -2.08. The van der Waals surface area contributed by atoms with Gasteiger partial charge in [0.05, 0.1) is 11.5 Å². The first kappa shape index (κ1) is 17.3. The SMILES string of the molecule is COCc1cccc(S(=O)(=O)Nc2ccn(CC(F)(F)F)n2)c1. The van der Waals surface area contributed by atoms with Crippen LogP contribution in [0.25, 0.3) is 0 Å². The van der Waals surface area contributed by atoms with E-state index in [9.17, 15) is 21.6 Å². The van der Waals surface area contributed by atoms with Gasteiger partial charge in [0, 0.05) is 19.4 Å². The number of hydrogen-bond donors (Lipinski definition) is 1. The third-order valence-corrected chi connectivity index (χ3v) is 4.09. The summed E-state index contributed by atoms with van der Waals surface area (Å²) < 4.78 is 68.9. The monoisotopic (exact) mass is 349 g/mol. The highest BCUT2D eigenvalue weighted by molar-refractivity contribution is 7.92. The van der Waals surface area contributed by atoms with Crippen LogP contribution >= 0.6 is 0 Å². The van der Waals surface area contributed by atoms with E-state index in [1.165, 1.54) is 19.2 Å². The average molecular weight is 349 g/mol. The van der Waals surface area contributed by atoms with Gasteiger partial charge in [0.15, 0.2) is 5.82 Å². The number of halogens is 3. The fourth-order valence-electron chi connectivity index (χ4n) is 1.85. The van der Waals surface area contributed by atoms with E-state index >= 15 is 0 Å². The number of nitrogens with one attached hydrogen (secondary N) is 1. The average Bonchev–Trinajstić information content (AvgIpc) is 2.83. The molecule has 1 aromatic carbocycles. The first-order chi connectivity index (χ1) is 10.7. The lowest BCUT2D eigenvalue weighted by molar-refractivity contribution is -0.142. The van der Waals surface area contributed by atoms with Crippen molar-refractivity contribution in [2.75, 3.05) is 11.8 Å². The first-order valence-corrected chi connectivity index (χ1v) is 7.89. The molecule has 6 nitrogen and oxygen atoms in total. The van der Waals surface area contributed by atoms with Gasteiger partial charge in [-0.25, -0.2) is 8.42 Å². The molecule has 2 rings (SSSR count). The number of aromatic nitrogens is 2. The van der Waals surface area contributed by atoms with Crippen LogP contribution in [0.5, 0.6) is 0 Å². The van der Waals surface area contributed by atoms with Gasteiger partial charge in [-0.2, -0.15) is 18.3 Å². The minimum Gasteiger partial charge on any atom is -0.380 e. The van der Waals surface area contributed by atoms with Crippen LogP contribution in [0.15, 0.2) is 41.4 Å². The molecular formula is C13H14F3N3O3S. The van der Waals surface area contributed by atoms with Gasteiger partial charge in [-0.05, 0) is 17.7 Å². The molecule has 0 aliphatic rings. The Morgan fingerprint density at radius 3 is 2.70 bits per heavy atom. The third-order valence-electron chi connectivity index (χ3n) is 2.74. The van der Waals surface area contributed by atoms with Crippen molar-refractivity contribution < 1.29 is 26.3 Å². The summed E-state index contributed by atoms with van der Waals surface area (Å²) in [5.74, 6) is -0.189. The summed E-state index contributed by atoms with van der Waals surface area (Å²) in [4.78, 5) is -0.0302. The first-order valence-electron chi connectivity index (χ1n) is 6.40. The molecule has 0 aliphatic carbocycles. The second-order valence-corrected chi connectivity index (χ2v) is 6.38. The van der Waals surface area contributed by atoms with Gasteiger partial charge in [0.2, 0.25) is 0 Å². The molecule has 2 aromatic rings. The molecule has 0 saturated carbocycles. The van der Waals surface area contributed by atoms with Gasteiger partial charge in [-0.15, -0.1) is 0 Å². The second kappa shape index (κ2) is 6.59. The van der Waals surface area contributed by atoms with Crippen molar-refractivity contribution in [2.45, 2.75) is 24.2 Å². The second-order valence-electron chi connectivity index (χ2n) is 4.70. The highest BCUT2D eigenvalue weighted by Crippen LogP contribution is 2.19. The van der Waals surface area contributed by atoms with E-state index in [0.29, 0.717) is 10.2 Å². The van der Waals surface area contributed by atoms with Gasteiger partial charge in [0.1, 0.15) is 6.54 Å². The molecule has 0 amide bonds. The third kappa shape index (κ3) is 4.96. The number of nitrogens with zero attached hydrogens (tertiary/aromatic N) is 2. The van der Waals surface area contributed by atoms with Crippen molar-refractivity contribution >= 4 is 15.8 Å². The maximum atomic E-state index is 12.3. The van der Waals surface area contributed by atoms with Crippen molar-refractivity contribution in [1.82, 2.24) is 9.78 Å². The summed E-state index contributed by atoms with van der Waals surface area (Å²) in [6.07, 6.45) is -3.39. The highest BCUT2D eigenvalue weighted by Gasteiger charge is 2.28.